The zero-order valence-electron chi connectivity index (χ0n) is 4.92. The van der Waals surface area contributed by atoms with Gasteiger partial charge in [0, 0.05) is 32.7 Å². The molecule has 0 aliphatic heterocycles. The topological polar surface area (TPSA) is 46.5 Å². The number of carbonyl (C=O) groups excluding carboxylic acids is 1. The minimum absolute atomic E-state index is 0. The first-order chi connectivity index (χ1) is 3.18. The van der Waals surface area contributed by atoms with Gasteiger partial charge in [0.2, 0.25) is 0 Å². The molecule has 0 fully saturated rings. The third-order valence-corrected chi connectivity index (χ3v) is 0.542. The molecule has 0 aliphatic rings. The molecule has 0 saturated heterocycles. The molecule has 0 bridgehead atoms. The fourth-order valence-electron chi connectivity index (χ4n) is 0.171. The summed E-state index contributed by atoms with van der Waals surface area (Å²) >= 11 is 0. The number of rotatable bonds is 1. The third kappa shape index (κ3) is 4.69. The number of carbonyl (C=O) groups is 1. The van der Waals surface area contributed by atoms with E-state index in [1.807, 2.05) is 0 Å². The molecule has 0 heterocycles. The van der Waals surface area contributed by atoms with Crippen LogP contribution in [0.2, 0.25) is 0 Å². The Hall–Kier alpha value is 0.534. The molecule has 0 amide bonds. The summed E-state index contributed by atoms with van der Waals surface area (Å²) < 4.78 is 4.12. The van der Waals surface area contributed by atoms with Gasteiger partial charge in [-0.25, -0.2) is 4.79 Å². The van der Waals surface area contributed by atoms with E-state index < -0.39 is 12.1 Å². The summed E-state index contributed by atoms with van der Waals surface area (Å²) in [7, 11) is 1.23. The second-order valence-electron chi connectivity index (χ2n) is 1.20. The van der Waals surface area contributed by atoms with Crippen molar-refractivity contribution in [2.45, 2.75) is 13.0 Å². The molecule has 1 N–H and O–H groups in total. The van der Waals surface area contributed by atoms with Crippen LogP contribution >= 0.6 is 0 Å². The van der Waals surface area contributed by atoms with Crippen molar-refractivity contribution in [1.29, 1.82) is 0 Å². The Morgan fingerprint density at radius 1 is 1.75 bits per heavy atom. The summed E-state index contributed by atoms with van der Waals surface area (Å²) in [6, 6.07) is 0. The van der Waals surface area contributed by atoms with Crippen molar-refractivity contribution < 1.29 is 47.3 Å². The van der Waals surface area contributed by atoms with E-state index in [4.69, 9.17) is 5.11 Å². The summed E-state index contributed by atoms with van der Waals surface area (Å²) in [5, 5.41) is 8.35. The van der Waals surface area contributed by atoms with Crippen molar-refractivity contribution in [3.05, 3.63) is 0 Å². The Balaban J connectivity index is 0. The Morgan fingerprint density at radius 2 is 2.12 bits per heavy atom. The van der Waals surface area contributed by atoms with Crippen LogP contribution in [-0.2, 0) is 42.2 Å². The summed E-state index contributed by atoms with van der Waals surface area (Å²) in [6.45, 7) is 1.35. The van der Waals surface area contributed by atoms with Crippen molar-refractivity contribution in [2.75, 3.05) is 7.11 Å². The molecule has 4 heteroatoms. The Kier molecular flexibility index (Phi) is 8.04. The molecule has 0 rings (SSSR count). The predicted molar refractivity (Wildman–Crippen MR) is 23.7 cm³/mol. The van der Waals surface area contributed by atoms with Crippen LogP contribution in [0.15, 0.2) is 0 Å². The predicted octanol–water partition coefficient (Wildman–Crippen LogP) is -0.462. The number of esters is 1. The van der Waals surface area contributed by atoms with Gasteiger partial charge in [0.1, 0.15) is 6.10 Å². The fraction of sp³-hybridized carbons (Fsp3) is 0.750. The van der Waals surface area contributed by atoms with Gasteiger partial charge in [-0.1, -0.05) is 0 Å². The van der Waals surface area contributed by atoms with Crippen LogP contribution < -0.4 is 0 Å². The number of aliphatic hydroxyl groups excluding tert-OH is 1. The largest absolute Gasteiger partial charge is 0.467 e. The molecular formula is C4H8O3Y. The second kappa shape index (κ2) is 5.67. The molecule has 1 unspecified atom stereocenters. The van der Waals surface area contributed by atoms with Crippen LogP contribution in [0.25, 0.3) is 0 Å². The van der Waals surface area contributed by atoms with E-state index in [2.05, 4.69) is 4.74 Å². The van der Waals surface area contributed by atoms with Gasteiger partial charge in [0.25, 0.3) is 0 Å². The number of methoxy groups -OCH3 is 1. The van der Waals surface area contributed by atoms with Crippen molar-refractivity contribution in [3.63, 3.8) is 0 Å². The molecular weight excluding hydrogens is 185 g/mol. The third-order valence-electron chi connectivity index (χ3n) is 0.542. The monoisotopic (exact) mass is 193 g/mol. The number of aliphatic hydroxyl groups is 1. The van der Waals surface area contributed by atoms with Gasteiger partial charge in [0.05, 0.1) is 7.11 Å². The summed E-state index contributed by atoms with van der Waals surface area (Å²) in [4.78, 5) is 10.0. The van der Waals surface area contributed by atoms with Gasteiger partial charge >= 0.3 is 5.97 Å². The normalized spacial score (nSPS) is 11.4. The molecule has 0 aromatic carbocycles. The second-order valence-corrected chi connectivity index (χ2v) is 1.20. The van der Waals surface area contributed by atoms with Gasteiger partial charge in [0.15, 0.2) is 0 Å². The zero-order valence-corrected chi connectivity index (χ0v) is 7.76. The fourth-order valence-corrected chi connectivity index (χ4v) is 0.171. The Bertz CT molecular complexity index is 71.7. The van der Waals surface area contributed by atoms with Crippen LogP contribution in [0.3, 0.4) is 0 Å². The molecule has 0 spiro atoms. The van der Waals surface area contributed by atoms with E-state index >= 15 is 0 Å². The van der Waals surface area contributed by atoms with E-state index in [-0.39, 0.29) is 32.7 Å². The average Bonchev–Trinajstić information content (AvgIpc) is 1.65. The molecule has 1 radical (unpaired) electrons. The van der Waals surface area contributed by atoms with Crippen molar-refractivity contribution >= 4 is 5.97 Å². The molecule has 8 heavy (non-hydrogen) atoms. The summed E-state index contributed by atoms with van der Waals surface area (Å²) in [5.41, 5.74) is 0. The van der Waals surface area contributed by atoms with Crippen LogP contribution in [0.4, 0.5) is 0 Å². The number of ether oxygens (including phenoxy) is 1. The Morgan fingerprint density at radius 3 is 2.12 bits per heavy atom. The maximum absolute atomic E-state index is 10.0. The molecule has 0 aromatic heterocycles. The Labute approximate surface area is 73.3 Å². The van der Waals surface area contributed by atoms with E-state index in [1.165, 1.54) is 14.0 Å². The molecule has 45 valence electrons. The van der Waals surface area contributed by atoms with Gasteiger partial charge in [-0.3, -0.25) is 0 Å². The maximum atomic E-state index is 10.0. The van der Waals surface area contributed by atoms with Crippen molar-refractivity contribution in [2.24, 2.45) is 0 Å². The first-order valence-electron chi connectivity index (χ1n) is 1.94. The van der Waals surface area contributed by atoms with Gasteiger partial charge in [-0.05, 0) is 6.92 Å². The number of hydrogen-bond donors (Lipinski definition) is 1. The van der Waals surface area contributed by atoms with E-state index in [9.17, 15) is 4.79 Å². The standard InChI is InChI=1S/C4H8O3.Y/c1-3(5)4(6)7-2;/h3,5H,1-2H3;. The maximum Gasteiger partial charge on any atom is 0.334 e. The molecule has 1 atom stereocenters. The minimum Gasteiger partial charge on any atom is -0.467 e. The minimum atomic E-state index is -0.995. The van der Waals surface area contributed by atoms with Crippen molar-refractivity contribution in [1.82, 2.24) is 0 Å². The smallest absolute Gasteiger partial charge is 0.334 e. The van der Waals surface area contributed by atoms with Crippen LogP contribution in [0.5, 0.6) is 0 Å². The van der Waals surface area contributed by atoms with Crippen LogP contribution in [0.1, 0.15) is 6.92 Å². The number of hydrogen-bond acceptors (Lipinski definition) is 3. The molecule has 0 aromatic rings. The van der Waals surface area contributed by atoms with Gasteiger partial charge in [-0.2, -0.15) is 0 Å². The summed E-state index contributed by atoms with van der Waals surface area (Å²) in [6.07, 6.45) is -0.995. The van der Waals surface area contributed by atoms with Gasteiger partial charge < -0.3 is 9.84 Å². The van der Waals surface area contributed by atoms with E-state index in [0.717, 1.165) is 0 Å². The quantitative estimate of drug-likeness (QED) is 0.573. The molecule has 0 saturated carbocycles. The molecule has 3 nitrogen and oxygen atoms in total. The van der Waals surface area contributed by atoms with Crippen LogP contribution in [-0.4, -0.2) is 24.3 Å². The first-order valence-corrected chi connectivity index (χ1v) is 1.94. The van der Waals surface area contributed by atoms with E-state index in [1.54, 1.807) is 0 Å². The van der Waals surface area contributed by atoms with Gasteiger partial charge in [-0.15, -0.1) is 0 Å². The van der Waals surface area contributed by atoms with E-state index in [0.29, 0.717) is 0 Å². The zero-order chi connectivity index (χ0) is 5.86. The van der Waals surface area contributed by atoms with Crippen molar-refractivity contribution in [3.8, 4) is 0 Å². The van der Waals surface area contributed by atoms with Crippen LogP contribution in [0, 0.1) is 0 Å². The molecule has 0 aliphatic carbocycles. The summed E-state index contributed by atoms with van der Waals surface area (Å²) in [5.74, 6) is -0.597. The first kappa shape index (κ1) is 11.3. The SMILES string of the molecule is COC(=O)C(C)O.[Y]. The average molecular weight is 193 g/mol.